The zero-order chi connectivity index (χ0) is 6.62. The van der Waals surface area contributed by atoms with E-state index in [-0.39, 0.29) is 0 Å². The predicted octanol–water partition coefficient (Wildman–Crippen LogP) is 2.94. The maximum Gasteiger partial charge on any atom is 0.0442 e. The molecular weight excluding hydrogens is 112 g/mol. The van der Waals surface area contributed by atoms with Crippen molar-refractivity contribution in [2.45, 2.75) is 39.0 Å². The van der Waals surface area contributed by atoms with Gasteiger partial charge >= 0.3 is 0 Å². The first kappa shape index (κ1) is 8.22. The Balaban J connectivity index is 3.11. The second-order valence-electron chi connectivity index (χ2n) is 3.51. The summed E-state index contributed by atoms with van der Waals surface area (Å²) in [4.78, 5) is 0. The molecule has 0 aromatic carbocycles. The van der Waals surface area contributed by atoms with Crippen molar-refractivity contribution in [2.24, 2.45) is 0 Å². The van der Waals surface area contributed by atoms with Gasteiger partial charge in [-0.1, -0.05) is 39.0 Å². The highest BCUT2D eigenvalue weighted by molar-refractivity contribution is 6.76. The fourth-order valence-corrected chi connectivity index (χ4v) is 1.73. The molecule has 49 valence electrons. The maximum absolute atomic E-state index is 2.41. The Bertz CT molecular complexity index is 51.9. The van der Waals surface area contributed by atoms with Gasteiger partial charge in [0.2, 0.25) is 0 Å². The molecular formula is C7H17Si. The molecule has 0 spiro atoms. The summed E-state index contributed by atoms with van der Waals surface area (Å²) in [5.41, 5.74) is 0. The predicted molar refractivity (Wildman–Crippen MR) is 42.7 cm³/mol. The quantitative estimate of drug-likeness (QED) is 0.514. The highest BCUT2D eigenvalue weighted by atomic mass is 28.3. The smallest absolute Gasteiger partial charge is 0.0442 e. The Kier molecular flexibility index (Phi) is 3.37. The minimum Gasteiger partial charge on any atom is -0.0695 e. The van der Waals surface area contributed by atoms with Crippen LogP contribution in [0, 0.1) is 6.42 Å². The van der Waals surface area contributed by atoms with Crippen LogP contribution in [-0.2, 0) is 0 Å². The molecule has 0 fully saturated rings. The van der Waals surface area contributed by atoms with Crippen LogP contribution >= 0.6 is 0 Å². The summed E-state index contributed by atoms with van der Waals surface area (Å²) in [6.07, 6.45) is 3.58. The van der Waals surface area contributed by atoms with Crippen molar-refractivity contribution in [3.05, 3.63) is 6.42 Å². The van der Waals surface area contributed by atoms with E-state index in [2.05, 4.69) is 33.0 Å². The largest absolute Gasteiger partial charge is 0.0695 e. The van der Waals surface area contributed by atoms with Crippen LogP contribution in [0.15, 0.2) is 0 Å². The van der Waals surface area contributed by atoms with Gasteiger partial charge in [-0.2, -0.15) is 0 Å². The first-order valence-electron chi connectivity index (χ1n) is 3.34. The van der Waals surface area contributed by atoms with Crippen molar-refractivity contribution in [3.8, 4) is 0 Å². The zero-order valence-electron chi connectivity index (χ0n) is 6.49. The normalized spacial score (nSPS) is 12.0. The molecule has 0 rings (SSSR count). The molecule has 0 heterocycles. The molecule has 0 unspecified atom stereocenters. The van der Waals surface area contributed by atoms with Gasteiger partial charge in [-0.15, -0.1) is 0 Å². The Labute approximate surface area is 54.3 Å². The SMILES string of the molecule is C[CH]CC[Si](C)(C)C. The molecule has 0 aliphatic rings. The van der Waals surface area contributed by atoms with E-state index in [0.29, 0.717) is 0 Å². The zero-order valence-corrected chi connectivity index (χ0v) is 7.49. The Hall–Kier alpha value is 0.217. The number of unbranched alkanes of at least 4 members (excludes halogenated alkanes) is 1. The molecule has 0 amide bonds. The lowest BCUT2D eigenvalue weighted by Crippen LogP contribution is -2.18. The van der Waals surface area contributed by atoms with E-state index in [9.17, 15) is 0 Å². The van der Waals surface area contributed by atoms with E-state index in [0.717, 1.165) is 0 Å². The van der Waals surface area contributed by atoms with Gasteiger partial charge in [0, 0.05) is 8.07 Å². The summed E-state index contributed by atoms with van der Waals surface area (Å²) in [6.45, 7) is 9.38. The van der Waals surface area contributed by atoms with E-state index in [1.54, 1.807) is 0 Å². The standard InChI is InChI=1S/C7H17Si/c1-5-6-7-8(2,3)4/h5H,6-7H2,1-4H3. The van der Waals surface area contributed by atoms with Crippen LogP contribution in [0.2, 0.25) is 25.7 Å². The van der Waals surface area contributed by atoms with Crippen LogP contribution in [0.25, 0.3) is 0 Å². The summed E-state index contributed by atoms with van der Waals surface area (Å²) in [5.74, 6) is 0. The van der Waals surface area contributed by atoms with E-state index < -0.39 is 8.07 Å². The van der Waals surface area contributed by atoms with Crippen LogP contribution in [-0.4, -0.2) is 8.07 Å². The molecule has 0 nitrogen and oxygen atoms in total. The number of rotatable bonds is 3. The van der Waals surface area contributed by atoms with Crippen LogP contribution in [0.1, 0.15) is 13.3 Å². The summed E-state index contributed by atoms with van der Waals surface area (Å²) < 4.78 is 0. The van der Waals surface area contributed by atoms with Crippen molar-refractivity contribution < 1.29 is 0 Å². The molecule has 0 saturated heterocycles. The van der Waals surface area contributed by atoms with E-state index >= 15 is 0 Å². The third-order valence-electron chi connectivity index (χ3n) is 1.18. The first-order valence-corrected chi connectivity index (χ1v) is 7.05. The molecule has 1 radical (unpaired) electrons. The van der Waals surface area contributed by atoms with E-state index in [1.165, 1.54) is 12.5 Å². The van der Waals surface area contributed by atoms with Crippen LogP contribution in [0.5, 0.6) is 0 Å². The van der Waals surface area contributed by atoms with Gasteiger partial charge in [0.15, 0.2) is 0 Å². The molecule has 8 heavy (non-hydrogen) atoms. The minimum atomic E-state index is -0.709. The summed E-state index contributed by atoms with van der Waals surface area (Å²) in [6, 6.07) is 1.45. The van der Waals surface area contributed by atoms with Crippen LogP contribution < -0.4 is 0 Å². The first-order chi connectivity index (χ1) is 3.56. The fraction of sp³-hybridized carbons (Fsp3) is 0.857. The van der Waals surface area contributed by atoms with E-state index in [4.69, 9.17) is 0 Å². The molecule has 0 N–H and O–H groups in total. The van der Waals surface area contributed by atoms with Crippen molar-refractivity contribution in [1.29, 1.82) is 0 Å². The second-order valence-corrected chi connectivity index (χ2v) is 9.13. The third-order valence-corrected chi connectivity index (χ3v) is 2.97. The Morgan fingerprint density at radius 3 is 1.88 bits per heavy atom. The molecule has 0 aliphatic carbocycles. The maximum atomic E-state index is 2.41. The third kappa shape index (κ3) is 6.22. The Morgan fingerprint density at radius 1 is 1.25 bits per heavy atom. The van der Waals surface area contributed by atoms with Crippen molar-refractivity contribution in [2.75, 3.05) is 0 Å². The topological polar surface area (TPSA) is 0 Å². The summed E-state index contributed by atoms with van der Waals surface area (Å²) in [7, 11) is -0.709. The van der Waals surface area contributed by atoms with Gasteiger partial charge < -0.3 is 0 Å². The average molecular weight is 129 g/mol. The number of hydrogen-bond donors (Lipinski definition) is 0. The van der Waals surface area contributed by atoms with Gasteiger partial charge in [0.1, 0.15) is 0 Å². The van der Waals surface area contributed by atoms with Crippen LogP contribution in [0.4, 0.5) is 0 Å². The second kappa shape index (κ2) is 3.28. The Morgan fingerprint density at radius 2 is 1.75 bits per heavy atom. The van der Waals surface area contributed by atoms with Crippen molar-refractivity contribution in [1.82, 2.24) is 0 Å². The lowest BCUT2D eigenvalue weighted by atomic mass is 10.4. The summed E-state index contributed by atoms with van der Waals surface area (Å²) in [5, 5.41) is 0. The lowest BCUT2D eigenvalue weighted by Gasteiger charge is -2.13. The highest BCUT2D eigenvalue weighted by Gasteiger charge is 2.10. The average Bonchev–Trinajstić information content (AvgIpc) is 1.59. The van der Waals surface area contributed by atoms with Gasteiger partial charge in [-0.3, -0.25) is 0 Å². The highest BCUT2D eigenvalue weighted by Crippen LogP contribution is 2.11. The van der Waals surface area contributed by atoms with Crippen molar-refractivity contribution >= 4 is 8.07 Å². The molecule has 0 aromatic heterocycles. The van der Waals surface area contributed by atoms with Crippen molar-refractivity contribution in [3.63, 3.8) is 0 Å². The molecule has 1 heteroatoms. The van der Waals surface area contributed by atoms with Crippen LogP contribution in [0.3, 0.4) is 0 Å². The molecule has 0 bridgehead atoms. The molecule has 0 aromatic rings. The van der Waals surface area contributed by atoms with Gasteiger partial charge in [0.05, 0.1) is 0 Å². The minimum absolute atomic E-state index is 0.709. The van der Waals surface area contributed by atoms with Gasteiger partial charge in [-0.05, 0) is 6.42 Å². The number of hydrogen-bond acceptors (Lipinski definition) is 0. The summed E-state index contributed by atoms with van der Waals surface area (Å²) >= 11 is 0. The van der Waals surface area contributed by atoms with Gasteiger partial charge in [0.25, 0.3) is 0 Å². The monoisotopic (exact) mass is 129 g/mol. The molecule has 0 saturated carbocycles. The lowest BCUT2D eigenvalue weighted by molar-refractivity contribution is 1.06. The fourth-order valence-electron chi connectivity index (χ4n) is 0.577. The molecule has 0 atom stereocenters. The molecule has 0 aliphatic heterocycles. The van der Waals surface area contributed by atoms with Gasteiger partial charge in [-0.25, -0.2) is 0 Å². The van der Waals surface area contributed by atoms with E-state index in [1.807, 2.05) is 0 Å².